The van der Waals surface area contributed by atoms with Crippen LogP contribution in [-0.2, 0) is 20.9 Å². The van der Waals surface area contributed by atoms with Crippen LogP contribution in [0.3, 0.4) is 0 Å². The summed E-state index contributed by atoms with van der Waals surface area (Å²) in [5.41, 5.74) is 3.58. The molecule has 0 saturated carbocycles. The van der Waals surface area contributed by atoms with E-state index in [0.29, 0.717) is 15.6 Å². The van der Waals surface area contributed by atoms with Crippen LogP contribution in [0.25, 0.3) is 17.0 Å². The summed E-state index contributed by atoms with van der Waals surface area (Å²) < 4.78 is 8.11. The van der Waals surface area contributed by atoms with Crippen molar-refractivity contribution in [1.29, 1.82) is 0 Å². The lowest BCUT2D eigenvalue weighted by atomic mass is 10.1. The maximum absolute atomic E-state index is 13.1. The summed E-state index contributed by atoms with van der Waals surface area (Å²) in [4.78, 5) is 33.0. The number of fused-ring (bicyclic) bond motifs is 1. The number of aliphatic imine (C=N–C) groups is 1. The third-order valence-electron chi connectivity index (χ3n) is 6.81. The highest BCUT2D eigenvalue weighted by molar-refractivity contribution is 9.10. The second kappa shape index (κ2) is 11.8. The average molecular weight is 609 g/mol. The van der Waals surface area contributed by atoms with Crippen molar-refractivity contribution in [1.82, 2.24) is 9.47 Å². The van der Waals surface area contributed by atoms with Gasteiger partial charge in [-0.2, -0.15) is 0 Å². The van der Waals surface area contributed by atoms with Crippen molar-refractivity contribution in [3.63, 3.8) is 0 Å². The van der Waals surface area contributed by atoms with E-state index >= 15 is 0 Å². The highest BCUT2D eigenvalue weighted by atomic mass is 79.9. The van der Waals surface area contributed by atoms with Gasteiger partial charge in [0, 0.05) is 40.2 Å². The Labute approximate surface area is 240 Å². The number of aromatic nitrogens is 1. The number of aliphatic hydroxyl groups is 1. The highest BCUT2D eigenvalue weighted by Gasteiger charge is 2.33. The molecule has 2 aliphatic rings. The number of hydrogen-bond donors (Lipinski definition) is 1. The first-order valence-corrected chi connectivity index (χ1v) is 14.7. The molecule has 1 saturated heterocycles. The lowest BCUT2D eigenvalue weighted by molar-refractivity contribution is -0.138. The van der Waals surface area contributed by atoms with E-state index < -0.39 is 5.97 Å². The molecule has 0 bridgehead atoms. The van der Waals surface area contributed by atoms with Crippen LogP contribution < -0.4 is 0 Å². The zero-order valence-electron chi connectivity index (χ0n) is 21.9. The van der Waals surface area contributed by atoms with Crippen molar-refractivity contribution in [3.8, 4) is 0 Å². The van der Waals surface area contributed by atoms with Crippen LogP contribution in [-0.4, -0.2) is 51.2 Å². The first-order chi connectivity index (χ1) is 18.8. The zero-order valence-corrected chi connectivity index (χ0v) is 24.3. The van der Waals surface area contributed by atoms with Crippen molar-refractivity contribution < 1.29 is 19.4 Å². The van der Waals surface area contributed by atoms with Gasteiger partial charge in [-0.1, -0.05) is 45.4 Å². The second-order valence-corrected chi connectivity index (χ2v) is 11.6. The standard InChI is InChI=1S/C30H30BrN3O4S/c1-3-38-30(37)27-28(36)25(39-29(27)32-22-10-7-19(2)8-11-22)15-20-17-34(24-12-9-21(31)16-23(20)24)18-26(35)33-13-5-4-6-14-33/h7-12,15-17,36H,3-6,13-14,18H2,1-2H3/b25-15-,32-29?. The third-order valence-corrected chi connectivity index (χ3v) is 8.32. The Bertz CT molecular complexity index is 1510. The lowest BCUT2D eigenvalue weighted by Gasteiger charge is -2.27. The van der Waals surface area contributed by atoms with E-state index in [2.05, 4.69) is 20.9 Å². The molecular formula is C30H30BrN3O4S. The van der Waals surface area contributed by atoms with Gasteiger partial charge in [0.1, 0.15) is 22.9 Å². The Balaban J connectivity index is 1.54. The third kappa shape index (κ3) is 5.99. The number of piperidine rings is 1. The Hall–Kier alpha value is -3.30. The molecule has 3 aromatic rings. The predicted octanol–water partition coefficient (Wildman–Crippen LogP) is 6.92. The fourth-order valence-electron chi connectivity index (χ4n) is 4.80. The molecule has 3 heterocycles. The van der Waals surface area contributed by atoms with Gasteiger partial charge in [0.15, 0.2) is 0 Å². The maximum Gasteiger partial charge on any atom is 0.344 e. The molecule has 0 atom stereocenters. The van der Waals surface area contributed by atoms with Crippen molar-refractivity contribution in [2.24, 2.45) is 4.99 Å². The zero-order chi connectivity index (χ0) is 27.5. The van der Waals surface area contributed by atoms with E-state index in [4.69, 9.17) is 4.74 Å². The van der Waals surface area contributed by atoms with Crippen molar-refractivity contribution in [2.45, 2.75) is 39.7 Å². The smallest absolute Gasteiger partial charge is 0.344 e. The molecule has 2 aliphatic heterocycles. The minimum atomic E-state index is -0.617. The van der Waals surface area contributed by atoms with Crippen LogP contribution in [0.15, 0.2) is 74.4 Å². The number of amides is 1. The summed E-state index contributed by atoms with van der Waals surface area (Å²) in [6, 6.07) is 13.6. The van der Waals surface area contributed by atoms with Crippen LogP contribution in [0.4, 0.5) is 5.69 Å². The number of esters is 1. The number of likely N-dealkylation sites (tertiary alicyclic amines) is 1. The maximum atomic E-state index is 13.1. The number of hydrogen-bond acceptors (Lipinski definition) is 6. The van der Waals surface area contributed by atoms with Gasteiger partial charge in [-0.25, -0.2) is 9.79 Å². The fourth-order valence-corrected chi connectivity index (χ4v) is 6.19. The summed E-state index contributed by atoms with van der Waals surface area (Å²) in [5, 5.41) is 12.5. The van der Waals surface area contributed by atoms with E-state index in [1.165, 1.54) is 18.2 Å². The number of aryl methyl sites for hydroxylation is 1. The molecule has 2 aromatic carbocycles. The number of carbonyl (C=O) groups excluding carboxylic acids is 2. The van der Waals surface area contributed by atoms with E-state index in [-0.39, 0.29) is 30.4 Å². The van der Waals surface area contributed by atoms with E-state index in [9.17, 15) is 14.7 Å². The summed E-state index contributed by atoms with van der Waals surface area (Å²) in [6.07, 6.45) is 7.02. The van der Waals surface area contributed by atoms with Crippen LogP contribution in [0.5, 0.6) is 0 Å². The molecular weight excluding hydrogens is 578 g/mol. The summed E-state index contributed by atoms with van der Waals surface area (Å²) in [7, 11) is 0. The Morgan fingerprint density at radius 3 is 2.59 bits per heavy atom. The Morgan fingerprint density at radius 2 is 1.87 bits per heavy atom. The molecule has 9 heteroatoms. The van der Waals surface area contributed by atoms with Gasteiger partial charge in [-0.15, -0.1) is 0 Å². The first-order valence-electron chi connectivity index (χ1n) is 13.1. The normalized spacial score (nSPS) is 18.0. The molecule has 39 heavy (non-hydrogen) atoms. The molecule has 202 valence electrons. The Kier molecular flexibility index (Phi) is 8.28. The molecule has 1 N–H and O–H groups in total. The largest absolute Gasteiger partial charge is 0.506 e. The number of halogens is 1. The molecule has 0 radical (unpaired) electrons. The van der Waals surface area contributed by atoms with Gasteiger partial charge in [0.25, 0.3) is 0 Å². The van der Waals surface area contributed by atoms with Crippen LogP contribution in [0.1, 0.15) is 37.3 Å². The van der Waals surface area contributed by atoms with Crippen LogP contribution >= 0.6 is 27.7 Å². The van der Waals surface area contributed by atoms with Crippen LogP contribution in [0.2, 0.25) is 0 Å². The number of nitrogens with zero attached hydrogens (tertiary/aromatic N) is 3. The number of ether oxygens (including phenoxy) is 1. The number of thioether (sulfide) groups is 1. The number of carbonyl (C=O) groups is 2. The number of benzene rings is 2. The lowest BCUT2D eigenvalue weighted by Crippen LogP contribution is -2.37. The molecule has 1 amide bonds. The van der Waals surface area contributed by atoms with Gasteiger partial charge in [-0.05, 0) is 69.5 Å². The average Bonchev–Trinajstić information content (AvgIpc) is 3.41. The Morgan fingerprint density at radius 1 is 1.13 bits per heavy atom. The SMILES string of the molecule is CCOC(=O)C1=C(O)/C(=C/c2cn(CC(=O)N3CCCCC3)c3ccc(Br)cc23)SC1=Nc1ccc(C)cc1. The molecule has 5 rings (SSSR count). The molecule has 0 spiro atoms. The van der Waals surface area contributed by atoms with Gasteiger partial charge >= 0.3 is 5.97 Å². The van der Waals surface area contributed by atoms with Crippen molar-refractivity contribution in [2.75, 3.05) is 19.7 Å². The van der Waals surface area contributed by atoms with Gasteiger partial charge in [0.2, 0.25) is 5.91 Å². The first kappa shape index (κ1) is 27.3. The van der Waals surface area contributed by atoms with Crippen molar-refractivity contribution in [3.05, 3.63) is 80.5 Å². The second-order valence-electron chi connectivity index (χ2n) is 9.62. The van der Waals surface area contributed by atoms with E-state index in [1.807, 2.05) is 71.1 Å². The van der Waals surface area contributed by atoms with E-state index in [0.717, 1.165) is 52.4 Å². The molecule has 0 aliphatic carbocycles. The minimum Gasteiger partial charge on any atom is -0.506 e. The number of aliphatic hydroxyl groups excluding tert-OH is 1. The highest BCUT2D eigenvalue weighted by Crippen LogP contribution is 2.41. The van der Waals surface area contributed by atoms with Crippen molar-refractivity contribution >= 4 is 67.3 Å². The van der Waals surface area contributed by atoms with Gasteiger partial charge in [0.05, 0.1) is 17.2 Å². The predicted molar refractivity (Wildman–Crippen MR) is 160 cm³/mol. The molecule has 1 fully saturated rings. The summed E-state index contributed by atoms with van der Waals surface area (Å²) >= 11 is 4.79. The van der Waals surface area contributed by atoms with E-state index in [1.54, 1.807) is 6.92 Å². The van der Waals surface area contributed by atoms with Crippen LogP contribution in [0, 0.1) is 6.92 Å². The van der Waals surface area contributed by atoms with Gasteiger partial charge < -0.3 is 19.3 Å². The quantitative estimate of drug-likeness (QED) is 0.307. The topological polar surface area (TPSA) is 84.1 Å². The fraction of sp³-hybridized carbons (Fsp3) is 0.300. The molecule has 0 unspecified atom stereocenters. The molecule has 7 nitrogen and oxygen atoms in total. The monoisotopic (exact) mass is 607 g/mol. The molecule has 1 aromatic heterocycles. The number of rotatable bonds is 6. The minimum absolute atomic E-state index is 0.0545. The summed E-state index contributed by atoms with van der Waals surface area (Å²) in [5.74, 6) is -0.678. The summed E-state index contributed by atoms with van der Waals surface area (Å²) in [6.45, 7) is 5.75. The van der Waals surface area contributed by atoms with Gasteiger partial charge in [-0.3, -0.25) is 4.79 Å².